The molecule has 0 aliphatic carbocycles. The molecule has 0 fully saturated rings. The predicted molar refractivity (Wildman–Crippen MR) is 55.3 cm³/mol. The van der Waals surface area contributed by atoms with Crippen molar-refractivity contribution in [3.63, 3.8) is 0 Å². The van der Waals surface area contributed by atoms with E-state index in [9.17, 15) is 14.0 Å². The fourth-order valence-corrected chi connectivity index (χ4v) is 1.15. The lowest BCUT2D eigenvalue weighted by Crippen LogP contribution is -2.02. The Labute approximate surface area is 91.9 Å². The third kappa shape index (κ3) is 3.54. The number of hydrogen-bond donors (Lipinski definition) is 1. The van der Waals surface area contributed by atoms with Gasteiger partial charge < -0.3 is 9.90 Å². The first-order valence-corrected chi connectivity index (χ1v) is 4.56. The van der Waals surface area contributed by atoms with E-state index in [1.165, 1.54) is 18.2 Å². The van der Waals surface area contributed by atoms with Crippen LogP contribution >= 0.6 is 0 Å². The van der Waals surface area contributed by atoms with Gasteiger partial charge in [0.25, 0.3) is 0 Å². The van der Waals surface area contributed by atoms with Crippen molar-refractivity contribution in [3.8, 4) is 11.8 Å². The molecule has 1 rings (SSSR count). The topological polar surface area (TPSA) is 54.4 Å². The lowest BCUT2D eigenvalue weighted by Gasteiger charge is -2.00. The maximum absolute atomic E-state index is 13.2. The number of aldehydes is 1. The molecule has 0 bridgehead atoms. The Morgan fingerprint density at radius 1 is 1.50 bits per heavy atom. The molecular formula is C12H9FO3. The van der Waals surface area contributed by atoms with Crippen molar-refractivity contribution in [1.82, 2.24) is 0 Å². The average Bonchev–Trinajstić information content (AvgIpc) is 2.22. The molecule has 0 saturated heterocycles. The summed E-state index contributed by atoms with van der Waals surface area (Å²) in [5.74, 6) is 3.54. The minimum atomic E-state index is -1.10. The molecule has 0 amide bonds. The van der Waals surface area contributed by atoms with Crippen molar-refractivity contribution in [1.29, 1.82) is 0 Å². The number of carboxylic acid groups (broad SMARTS) is 1. The second-order valence-electron chi connectivity index (χ2n) is 3.05. The molecule has 0 aliphatic rings. The molecule has 0 heterocycles. The zero-order valence-corrected chi connectivity index (χ0v) is 8.37. The Kier molecular flexibility index (Phi) is 4.22. The van der Waals surface area contributed by atoms with Gasteiger partial charge in [-0.05, 0) is 18.2 Å². The van der Waals surface area contributed by atoms with Crippen molar-refractivity contribution in [3.05, 3.63) is 35.1 Å². The number of hydrogen-bond acceptors (Lipinski definition) is 2. The van der Waals surface area contributed by atoms with Gasteiger partial charge in [-0.3, -0.25) is 4.79 Å². The van der Waals surface area contributed by atoms with Crippen molar-refractivity contribution in [2.24, 2.45) is 0 Å². The van der Waals surface area contributed by atoms with Crippen LogP contribution in [-0.2, 0) is 16.0 Å². The first-order valence-electron chi connectivity index (χ1n) is 4.56. The largest absolute Gasteiger partial charge is 0.481 e. The van der Waals surface area contributed by atoms with E-state index in [1.54, 1.807) is 0 Å². The number of rotatable bonds is 3. The Bertz CT molecular complexity index is 469. The molecule has 0 unspecified atom stereocenters. The molecule has 1 aromatic carbocycles. The lowest BCUT2D eigenvalue weighted by atomic mass is 10.1. The summed E-state index contributed by atoms with van der Waals surface area (Å²) in [4.78, 5) is 20.5. The quantitative estimate of drug-likeness (QED) is 0.618. The molecule has 0 radical (unpaired) electrons. The maximum Gasteiger partial charge on any atom is 0.307 e. The first-order chi connectivity index (χ1) is 7.63. The van der Waals surface area contributed by atoms with E-state index in [1.807, 2.05) is 0 Å². The van der Waals surface area contributed by atoms with Gasteiger partial charge in [0, 0.05) is 11.1 Å². The molecule has 0 saturated carbocycles. The summed E-state index contributed by atoms with van der Waals surface area (Å²) in [5.41, 5.74) is 0.588. The predicted octanol–water partition coefficient (Wildman–Crippen LogP) is 1.39. The van der Waals surface area contributed by atoms with E-state index in [0.717, 1.165) is 0 Å². The van der Waals surface area contributed by atoms with Gasteiger partial charge in [-0.2, -0.15) is 0 Å². The van der Waals surface area contributed by atoms with Crippen LogP contribution in [0.2, 0.25) is 0 Å². The number of benzene rings is 1. The summed E-state index contributed by atoms with van der Waals surface area (Å²) in [5, 5.41) is 8.55. The number of aliphatic carboxylic acids is 1. The van der Waals surface area contributed by atoms with Gasteiger partial charge in [0.2, 0.25) is 0 Å². The van der Waals surface area contributed by atoms with Gasteiger partial charge in [-0.1, -0.05) is 11.8 Å². The highest BCUT2D eigenvalue weighted by Crippen LogP contribution is 2.10. The number of halogens is 1. The van der Waals surface area contributed by atoms with Crippen LogP contribution < -0.4 is 0 Å². The van der Waals surface area contributed by atoms with Crippen LogP contribution in [0, 0.1) is 17.7 Å². The van der Waals surface area contributed by atoms with Crippen LogP contribution in [0.1, 0.15) is 17.5 Å². The van der Waals surface area contributed by atoms with Crippen molar-refractivity contribution < 1.29 is 19.1 Å². The molecular weight excluding hydrogens is 211 g/mol. The second kappa shape index (κ2) is 5.66. The van der Waals surface area contributed by atoms with Crippen molar-refractivity contribution in [2.75, 3.05) is 0 Å². The molecule has 0 aromatic heterocycles. The molecule has 82 valence electrons. The van der Waals surface area contributed by atoms with Crippen LogP contribution in [0.15, 0.2) is 18.2 Å². The van der Waals surface area contributed by atoms with Gasteiger partial charge >= 0.3 is 5.97 Å². The van der Waals surface area contributed by atoms with E-state index >= 15 is 0 Å². The number of carboxylic acids is 1. The molecule has 1 N–H and O–H groups in total. The summed E-state index contributed by atoms with van der Waals surface area (Å²) in [7, 11) is 0. The van der Waals surface area contributed by atoms with Gasteiger partial charge in [0.15, 0.2) is 0 Å². The van der Waals surface area contributed by atoms with Crippen LogP contribution in [0.3, 0.4) is 0 Å². The fourth-order valence-electron chi connectivity index (χ4n) is 1.15. The minimum absolute atomic E-state index is 0.0883. The lowest BCUT2D eigenvalue weighted by molar-refractivity contribution is -0.136. The van der Waals surface area contributed by atoms with Gasteiger partial charge in [-0.25, -0.2) is 4.39 Å². The van der Waals surface area contributed by atoms with Crippen LogP contribution in [0.5, 0.6) is 0 Å². The highest BCUT2D eigenvalue weighted by atomic mass is 19.1. The zero-order chi connectivity index (χ0) is 12.0. The highest BCUT2D eigenvalue weighted by Gasteiger charge is 2.06. The van der Waals surface area contributed by atoms with Crippen LogP contribution in [0.25, 0.3) is 0 Å². The van der Waals surface area contributed by atoms with E-state index in [4.69, 9.17) is 5.11 Å². The third-order valence-corrected chi connectivity index (χ3v) is 1.81. The molecule has 4 heteroatoms. The highest BCUT2D eigenvalue weighted by molar-refractivity contribution is 5.70. The Hall–Kier alpha value is -2.15. The second-order valence-corrected chi connectivity index (χ2v) is 3.05. The number of carbonyl (C=O) groups is 2. The van der Waals surface area contributed by atoms with Crippen LogP contribution in [0.4, 0.5) is 4.39 Å². The smallest absolute Gasteiger partial charge is 0.307 e. The Morgan fingerprint density at radius 2 is 2.25 bits per heavy atom. The van der Waals surface area contributed by atoms with E-state index in [0.29, 0.717) is 11.8 Å². The van der Waals surface area contributed by atoms with Gasteiger partial charge in [-0.15, -0.1) is 0 Å². The van der Waals surface area contributed by atoms with E-state index < -0.39 is 11.8 Å². The molecule has 0 atom stereocenters. The van der Waals surface area contributed by atoms with Crippen LogP contribution in [-0.4, -0.2) is 17.4 Å². The molecule has 0 spiro atoms. The SMILES string of the molecule is O=CCC#Cc1ccc(F)c(CC(=O)O)c1. The van der Waals surface area contributed by atoms with Crippen molar-refractivity contribution >= 4 is 12.3 Å². The van der Waals surface area contributed by atoms with Gasteiger partial charge in [0.05, 0.1) is 12.8 Å². The molecule has 16 heavy (non-hydrogen) atoms. The maximum atomic E-state index is 13.2. The average molecular weight is 220 g/mol. The summed E-state index contributed by atoms with van der Waals surface area (Å²) in [6.07, 6.45) is 0.384. The molecule has 0 aliphatic heterocycles. The molecule has 3 nitrogen and oxygen atoms in total. The Balaban J connectivity index is 2.94. The molecule has 1 aromatic rings. The summed E-state index contributed by atoms with van der Waals surface area (Å²) >= 11 is 0. The minimum Gasteiger partial charge on any atom is -0.481 e. The normalized spacial score (nSPS) is 9.06. The summed E-state index contributed by atoms with van der Waals surface area (Å²) in [6, 6.07) is 3.99. The zero-order valence-electron chi connectivity index (χ0n) is 8.37. The number of carbonyl (C=O) groups excluding carboxylic acids is 1. The van der Waals surface area contributed by atoms with Gasteiger partial charge in [0.1, 0.15) is 12.1 Å². The van der Waals surface area contributed by atoms with Crippen molar-refractivity contribution in [2.45, 2.75) is 12.8 Å². The Morgan fingerprint density at radius 3 is 2.88 bits per heavy atom. The summed E-state index contributed by atoms with van der Waals surface area (Å²) < 4.78 is 13.2. The van der Waals surface area contributed by atoms with E-state index in [2.05, 4.69) is 11.8 Å². The standard InChI is InChI=1S/C12H9FO3/c13-11-5-4-9(3-1-2-6-14)7-10(11)8-12(15)16/h4-7H,2,8H2,(H,15,16). The third-order valence-electron chi connectivity index (χ3n) is 1.81. The monoisotopic (exact) mass is 220 g/mol. The summed E-state index contributed by atoms with van der Waals surface area (Å²) in [6.45, 7) is 0. The fraction of sp³-hybridized carbons (Fsp3) is 0.167. The first kappa shape index (κ1) is 11.9. The van der Waals surface area contributed by atoms with E-state index in [-0.39, 0.29) is 18.4 Å².